The number of anilines is 1. The predicted octanol–water partition coefficient (Wildman–Crippen LogP) is 4.97. The van der Waals surface area contributed by atoms with Crippen molar-refractivity contribution in [3.8, 4) is 0 Å². The van der Waals surface area contributed by atoms with Gasteiger partial charge in [-0.3, -0.25) is 0 Å². The van der Waals surface area contributed by atoms with Crippen LogP contribution >= 0.6 is 11.6 Å². The first-order chi connectivity index (χ1) is 16.9. The third kappa shape index (κ3) is 4.64. The van der Waals surface area contributed by atoms with Crippen LogP contribution in [0.3, 0.4) is 0 Å². The molecule has 0 aliphatic carbocycles. The second-order valence-corrected chi connectivity index (χ2v) is 12.7. The van der Waals surface area contributed by atoms with Gasteiger partial charge in [0.1, 0.15) is 11.4 Å². The topological polar surface area (TPSA) is 106 Å². The van der Waals surface area contributed by atoms with Crippen LogP contribution in [0.1, 0.15) is 52.0 Å². The smallest absolute Gasteiger partial charge is 0.410 e. The molecule has 0 radical (unpaired) electrons. The average Bonchev–Trinajstić information content (AvgIpc) is 3.32. The summed E-state index contributed by atoms with van der Waals surface area (Å²) in [6.07, 6.45) is 4.53. The number of piperidine rings is 1. The van der Waals surface area contributed by atoms with Crippen molar-refractivity contribution in [2.75, 3.05) is 5.32 Å². The molecule has 5 rings (SSSR count). The van der Waals surface area contributed by atoms with E-state index in [1.54, 1.807) is 30.3 Å². The quantitative estimate of drug-likeness (QED) is 0.473. The lowest BCUT2D eigenvalue weighted by Crippen LogP contribution is -2.51. The molecule has 2 fully saturated rings. The number of hydrogen-bond acceptors (Lipinski definition) is 7. The van der Waals surface area contributed by atoms with Crippen LogP contribution < -0.4 is 5.32 Å². The molecule has 1 aromatic carbocycles. The minimum atomic E-state index is -3.86. The van der Waals surface area contributed by atoms with Crippen molar-refractivity contribution in [2.45, 2.75) is 82.0 Å². The Labute approximate surface area is 215 Å². The number of ether oxygens (including phenoxy) is 1. The van der Waals surface area contributed by atoms with Gasteiger partial charge in [0.25, 0.3) is 10.0 Å². The van der Waals surface area contributed by atoms with Crippen LogP contribution in [0.15, 0.2) is 41.4 Å². The van der Waals surface area contributed by atoms with Gasteiger partial charge in [0.05, 0.1) is 10.3 Å². The van der Waals surface area contributed by atoms with E-state index < -0.39 is 15.6 Å². The van der Waals surface area contributed by atoms with E-state index >= 15 is 0 Å². The Hall–Kier alpha value is -2.85. The fourth-order valence-corrected chi connectivity index (χ4v) is 6.65. The third-order valence-corrected chi connectivity index (χ3v) is 8.59. The van der Waals surface area contributed by atoms with Gasteiger partial charge >= 0.3 is 6.09 Å². The molecule has 9 nitrogen and oxygen atoms in total. The molecule has 2 aliphatic heterocycles. The Morgan fingerprint density at radius 3 is 2.33 bits per heavy atom. The standard InChI is InChI=1S/C25H30ClN5O4S/c1-15-5-9-19(10-6-15)36(33,34)30-12-11-20-21(28-23(26)29-22(20)30)27-16-13-17-7-8-18(14-16)31(17)24(32)35-25(2,3)4/h5-6,9-12,16-18H,7-8,13-14H2,1-4H3,(H,27,28,29). The monoisotopic (exact) mass is 531 g/mol. The van der Waals surface area contributed by atoms with Gasteiger partial charge in [0, 0.05) is 24.3 Å². The van der Waals surface area contributed by atoms with E-state index in [4.69, 9.17) is 16.3 Å². The van der Waals surface area contributed by atoms with Crippen molar-refractivity contribution < 1.29 is 17.9 Å². The van der Waals surface area contributed by atoms with Crippen LogP contribution in [0.4, 0.5) is 10.6 Å². The first-order valence-corrected chi connectivity index (χ1v) is 13.9. The van der Waals surface area contributed by atoms with Crippen LogP contribution in [0.2, 0.25) is 5.28 Å². The van der Waals surface area contributed by atoms with Crippen LogP contribution in [-0.4, -0.2) is 57.1 Å². The maximum Gasteiger partial charge on any atom is 0.410 e. The van der Waals surface area contributed by atoms with E-state index in [1.165, 1.54) is 6.20 Å². The second kappa shape index (κ2) is 8.92. The molecule has 3 aromatic rings. The number of rotatable bonds is 4. The lowest BCUT2D eigenvalue weighted by molar-refractivity contribution is 0.00683. The minimum absolute atomic E-state index is 0.0433. The summed E-state index contributed by atoms with van der Waals surface area (Å²) >= 11 is 6.24. The average molecular weight is 532 g/mol. The summed E-state index contributed by atoms with van der Waals surface area (Å²) in [6, 6.07) is 8.55. The van der Waals surface area contributed by atoms with Crippen LogP contribution in [0, 0.1) is 6.92 Å². The number of nitrogens with one attached hydrogen (secondary N) is 1. The highest BCUT2D eigenvalue weighted by molar-refractivity contribution is 7.90. The summed E-state index contributed by atoms with van der Waals surface area (Å²) in [6.45, 7) is 7.51. The SMILES string of the molecule is Cc1ccc(S(=O)(=O)n2ccc3c(NC4CC5CCC(C4)N5C(=O)OC(C)(C)C)nc(Cl)nc32)cc1. The summed E-state index contributed by atoms with van der Waals surface area (Å²) < 4.78 is 33.4. The number of aryl methyl sites for hydroxylation is 1. The highest BCUT2D eigenvalue weighted by Gasteiger charge is 2.45. The Kier molecular flexibility index (Phi) is 6.15. The molecule has 2 atom stereocenters. The van der Waals surface area contributed by atoms with Gasteiger partial charge in [-0.15, -0.1) is 0 Å². The summed E-state index contributed by atoms with van der Waals surface area (Å²) in [5.41, 5.74) is 0.642. The molecule has 2 unspecified atom stereocenters. The first-order valence-electron chi connectivity index (χ1n) is 12.1. The van der Waals surface area contributed by atoms with Crippen molar-refractivity contribution in [1.82, 2.24) is 18.8 Å². The van der Waals surface area contributed by atoms with E-state index in [1.807, 2.05) is 32.6 Å². The van der Waals surface area contributed by atoms with E-state index in [-0.39, 0.29) is 40.0 Å². The molecule has 4 heterocycles. The molecule has 0 saturated carbocycles. The summed E-state index contributed by atoms with van der Waals surface area (Å²) in [5, 5.41) is 3.99. The molecule has 1 amide bonds. The number of amides is 1. The number of fused-ring (bicyclic) bond motifs is 3. The maximum absolute atomic E-state index is 13.3. The van der Waals surface area contributed by atoms with Gasteiger partial charge in [-0.1, -0.05) is 17.7 Å². The zero-order valence-corrected chi connectivity index (χ0v) is 22.3. The number of aromatic nitrogens is 3. The zero-order valence-electron chi connectivity index (χ0n) is 20.7. The third-order valence-electron chi connectivity index (χ3n) is 6.74. The second-order valence-electron chi connectivity index (χ2n) is 10.6. The lowest BCUT2D eigenvalue weighted by atomic mass is 9.97. The number of carbonyl (C=O) groups excluding carboxylic acids is 1. The van der Waals surface area contributed by atoms with Gasteiger partial charge in [-0.25, -0.2) is 22.2 Å². The number of halogens is 1. The molecule has 36 heavy (non-hydrogen) atoms. The van der Waals surface area contributed by atoms with Gasteiger partial charge < -0.3 is 15.0 Å². The number of benzene rings is 1. The highest BCUT2D eigenvalue weighted by atomic mass is 35.5. The molecule has 2 aromatic heterocycles. The Morgan fingerprint density at radius 1 is 1.08 bits per heavy atom. The van der Waals surface area contributed by atoms with E-state index in [2.05, 4.69) is 15.3 Å². The van der Waals surface area contributed by atoms with Crippen LogP contribution in [0.25, 0.3) is 11.0 Å². The van der Waals surface area contributed by atoms with Crippen molar-refractivity contribution in [3.63, 3.8) is 0 Å². The molecule has 0 spiro atoms. The van der Waals surface area contributed by atoms with Gasteiger partial charge in [0.15, 0.2) is 5.65 Å². The molecule has 2 aliphatic rings. The van der Waals surface area contributed by atoms with E-state index in [0.717, 1.165) is 35.2 Å². The van der Waals surface area contributed by atoms with E-state index in [0.29, 0.717) is 11.2 Å². The largest absolute Gasteiger partial charge is 0.444 e. The Balaban J connectivity index is 1.40. The Bertz CT molecular complexity index is 1400. The maximum atomic E-state index is 13.3. The van der Waals surface area contributed by atoms with Gasteiger partial charge in [0.2, 0.25) is 5.28 Å². The molecule has 11 heteroatoms. The molecule has 2 saturated heterocycles. The molecule has 2 bridgehead atoms. The van der Waals surface area contributed by atoms with Crippen LogP contribution in [-0.2, 0) is 14.8 Å². The summed E-state index contributed by atoms with van der Waals surface area (Å²) in [4.78, 5) is 23.4. The van der Waals surface area contributed by atoms with Gasteiger partial charge in [-0.05, 0) is 83.2 Å². The first kappa shape index (κ1) is 24.8. The van der Waals surface area contributed by atoms with Crippen molar-refractivity contribution in [3.05, 3.63) is 47.4 Å². The number of carbonyl (C=O) groups is 1. The van der Waals surface area contributed by atoms with Gasteiger partial charge in [-0.2, -0.15) is 4.98 Å². The van der Waals surface area contributed by atoms with E-state index in [9.17, 15) is 13.2 Å². The molecule has 1 N–H and O–H groups in total. The lowest BCUT2D eigenvalue weighted by Gasteiger charge is -2.39. The van der Waals surface area contributed by atoms with Crippen molar-refractivity contribution in [2.24, 2.45) is 0 Å². The number of hydrogen-bond donors (Lipinski definition) is 1. The Morgan fingerprint density at radius 2 is 1.72 bits per heavy atom. The minimum Gasteiger partial charge on any atom is -0.444 e. The van der Waals surface area contributed by atoms with Crippen LogP contribution in [0.5, 0.6) is 0 Å². The molecular weight excluding hydrogens is 502 g/mol. The summed E-state index contributed by atoms with van der Waals surface area (Å²) in [5.74, 6) is 0.484. The summed E-state index contributed by atoms with van der Waals surface area (Å²) in [7, 11) is -3.86. The molecular formula is C25H30ClN5O4S. The normalized spacial score (nSPS) is 22.1. The predicted molar refractivity (Wildman–Crippen MR) is 138 cm³/mol. The fourth-order valence-electron chi connectivity index (χ4n) is 5.19. The zero-order chi connectivity index (χ0) is 25.8. The molecule has 192 valence electrons. The highest BCUT2D eigenvalue weighted by Crippen LogP contribution is 2.38. The number of nitrogens with zero attached hydrogens (tertiary/aromatic N) is 4. The van der Waals surface area contributed by atoms with Crippen molar-refractivity contribution in [1.29, 1.82) is 0 Å². The van der Waals surface area contributed by atoms with Crippen molar-refractivity contribution >= 4 is 44.6 Å². The fraction of sp³-hybridized carbons (Fsp3) is 0.480.